The lowest BCUT2D eigenvalue weighted by atomic mass is 10.2. The molecule has 1 saturated heterocycles. The fourth-order valence-electron chi connectivity index (χ4n) is 1.43. The zero-order valence-electron chi connectivity index (χ0n) is 8.32. The van der Waals surface area contributed by atoms with Gasteiger partial charge in [0.25, 0.3) is 0 Å². The van der Waals surface area contributed by atoms with Crippen LogP contribution in [0, 0.1) is 0 Å². The van der Waals surface area contributed by atoms with E-state index in [-0.39, 0.29) is 30.9 Å². The molecule has 5 nitrogen and oxygen atoms in total. The van der Waals surface area contributed by atoms with Gasteiger partial charge in [0, 0.05) is 13.7 Å². The van der Waals surface area contributed by atoms with Gasteiger partial charge in [0.15, 0.2) is 0 Å². The van der Waals surface area contributed by atoms with Gasteiger partial charge in [-0.1, -0.05) is 0 Å². The van der Waals surface area contributed by atoms with E-state index in [1.807, 2.05) is 0 Å². The third-order valence-corrected chi connectivity index (χ3v) is 2.36. The Labute approximate surface area is 83.1 Å². The molecular weight excluding hydrogens is 184 g/mol. The van der Waals surface area contributed by atoms with E-state index >= 15 is 0 Å². The van der Waals surface area contributed by atoms with Crippen LogP contribution >= 0.6 is 0 Å². The number of carbonyl (C=O) groups excluding carboxylic acids is 2. The molecule has 1 rings (SSSR count). The summed E-state index contributed by atoms with van der Waals surface area (Å²) in [5, 5.41) is 11.5. The monoisotopic (exact) mass is 200 g/mol. The third-order valence-electron chi connectivity index (χ3n) is 2.36. The molecule has 5 heteroatoms. The second-order valence-corrected chi connectivity index (χ2v) is 3.43. The summed E-state index contributed by atoms with van der Waals surface area (Å²) < 4.78 is 0. The fourth-order valence-corrected chi connectivity index (χ4v) is 1.43. The molecule has 0 saturated carbocycles. The van der Waals surface area contributed by atoms with Gasteiger partial charge in [-0.2, -0.15) is 0 Å². The maximum absolute atomic E-state index is 11.4. The average molecular weight is 200 g/mol. The number of unbranched alkanes of at least 4 members (excludes halogenated alkanes) is 1. The normalized spacial score (nSPS) is 22.1. The third kappa shape index (κ3) is 2.52. The van der Waals surface area contributed by atoms with Crippen LogP contribution in [-0.4, -0.2) is 48.1 Å². The first-order chi connectivity index (χ1) is 6.66. The van der Waals surface area contributed by atoms with Gasteiger partial charge >= 0.3 is 0 Å². The van der Waals surface area contributed by atoms with Crippen LogP contribution in [0.1, 0.15) is 19.3 Å². The van der Waals surface area contributed by atoms with Crippen LogP contribution in [0.15, 0.2) is 0 Å². The molecule has 2 N–H and O–H groups in total. The van der Waals surface area contributed by atoms with Gasteiger partial charge < -0.3 is 10.4 Å². The van der Waals surface area contributed by atoms with Gasteiger partial charge in [-0.25, -0.2) is 0 Å². The summed E-state index contributed by atoms with van der Waals surface area (Å²) in [5.41, 5.74) is 0. The number of aliphatic hydroxyl groups excluding tert-OH is 1. The van der Waals surface area contributed by atoms with Crippen LogP contribution in [0.25, 0.3) is 0 Å². The van der Waals surface area contributed by atoms with Crippen molar-refractivity contribution in [2.45, 2.75) is 25.3 Å². The molecule has 1 unspecified atom stereocenters. The molecule has 1 fully saturated rings. The highest BCUT2D eigenvalue weighted by atomic mass is 16.3. The molecule has 0 aliphatic carbocycles. The average Bonchev–Trinajstić information content (AvgIpc) is 2.41. The van der Waals surface area contributed by atoms with Crippen LogP contribution in [0.5, 0.6) is 0 Å². The van der Waals surface area contributed by atoms with Crippen molar-refractivity contribution in [3.05, 3.63) is 0 Å². The van der Waals surface area contributed by atoms with Crippen molar-refractivity contribution < 1.29 is 14.7 Å². The Morgan fingerprint density at radius 2 is 2.21 bits per heavy atom. The van der Waals surface area contributed by atoms with Crippen molar-refractivity contribution in [2.24, 2.45) is 0 Å². The van der Waals surface area contributed by atoms with Crippen molar-refractivity contribution in [3.8, 4) is 0 Å². The van der Waals surface area contributed by atoms with Crippen molar-refractivity contribution in [2.75, 3.05) is 20.2 Å². The van der Waals surface area contributed by atoms with Gasteiger partial charge in [0.05, 0.1) is 12.5 Å². The van der Waals surface area contributed by atoms with Crippen LogP contribution in [0.3, 0.4) is 0 Å². The molecule has 0 spiro atoms. The predicted molar refractivity (Wildman–Crippen MR) is 50.5 cm³/mol. The predicted octanol–water partition coefficient (Wildman–Crippen LogP) is -0.894. The highest BCUT2D eigenvalue weighted by Crippen LogP contribution is 2.10. The molecule has 1 aliphatic rings. The molecule has 1 aliphatic heterocycles. The summed E-state index contributed by atoms with van der Waals surface area (Å²) in [7, 11) is 1.50. The molecule has 80 valence electrons. The number of nitrogens with one attached hydrogen (secondary N) is 1. The molecule has 0 aromatic rings. The van der Waals surface area contributed by atoms with E-state index < -0.39 is 0 Å². The van der Waals surface area contributed by atoms with Crippen LogP contribution in [0.2, 0.25) is 0 Å². The van der Waals surface area contributed by atoms with Crippen LogP contribution in [-0.2, 0) is 9.59 Å². The van der Waals surface area contributed by atoms with E-state index in [0.717, 1.165) is 17.7 Å². The lowest BCUT2D eigenvalue weighted by Crippen LogP contribution is -2.37. The molecule has 1 atom stereocenters. The lowest BCUT2D eigenvalue weighted by molar-refractivity contribution is -0.137. The molecule has 0 aromatic carbocycles. The fraction of sp³-hybridized carbons (Fsp3) is 0.778. The summed E-state index contributed by atoms with van der Waals surface area (Å²) >= 11 is 0. The highest BCUT2D eigenvalue weighted by Gasteiger charge is 2.35. The molecule has 0 aromatic heterocycles. The largest absolute Gasteiger partial charge is 0.396 e. The Morgan fingerprint density at radius 1 is 1.50 bits per heavy atom. The van der Waals surface area contributed by atoms with Crippen molar-refractivity contribution in [3.63, 3.8) is 0 Å². The first kappa shape index (κ1) is 11.1. The number of hydrogen-bond donors (Lipinski definition) is 2. The van der Waals surface area contributed by atoms with E-state index in [1.165, 1.54) is 7.05 Å². The van der Waals surface area contributed by atoms with Crippen LogP contribution in [0.4, 0.5) is 0 Å². The minimum Gasteiger partial charge on any atom is -0.396 e. The number of likely N-dealkylation sites (tertiary alicyclic amines) is 1. The first-order valence-corrected chi connectivity index (χ1v) is 4.81. The Kier molecular flexibility index (Phi) is 4.03. The molecule has 14 heavy (non-hydrogen) atoms. The summed E-state index contributed by atoms with van der Waals surface area (Å²) in [6, 6.07) is -0.355. The van der Waals surface area contributed by atoms with Gasteiger partial charge in [0.1, 0.15) is 0 Å². The summed E-state index contributed by atoms with van der Waals surface area (Å²) in [6.45, 7) is 0.831. The number of imide groups is 1. The SMILES string of the molecule is CN1C(=O)CC(NCCCCO)C1=O. The van der Waals surface area contributed by atoms with Gasteiger partial charge in [-0.15, -0.1) is 0 Å². The minimum atomic E-state index is -0.355. The maximum atomic E-state index is 11.4. The van der Waals surface area contributed by atoms with Crippen molar-refractivity contribution in [1.29, 1.82) is 0 Å². The van der Waals surface area contributed by atoms with E-state index in [1.54, 1.807) is 0 Å². The molecule has 1 heterocycles. The minimum absolute atomic E-state index is 0.130. The quantitative estimate of drug-likeness (QED) is 0.446. The lowest BCUT2D eigenvalue weighted by Gasteiger charge is -2.10. The second-order valence-electron chi connectivity index (χ2n) is 3.43. The zero-order chi connectivity index (χ0) is 10.6. The molecule has 2 amide bonds. The van der Waals surface area contributed by atoms with Gasteiger partial charge in [-0.3, -0.25) is 14.5 Å². The number of aliphatic hydroxyl groups is 1. The molecule has 0 radical (unpaired) electrons. The topological polar surface area (TPSA) is 69.6 Å². The zero-order valence-corrected chi connectivity index (χ0v) is 8.32. The van der Waals surface area contributed by atoms with E-state index in [0.29, 0.717) is 6.54 Å². The number of nitrogens with zero attached hydrogens (tertiary/aromatic N) is 1. The van der Waals surface area contributed by atoms with E-state index in [4.69, 9.17) is 5.11 Å². The standard InChI is InChI=1S/C9H16N2O3/c1-11-8(13)6-7(9(11)14)10-4-2-3-5-12/h7,10,12H,2-6H2,1H3. The second kappa shape index (κ2) is 5.07. The smallest absolute Gasteiger partial charge is 0.246 e. The Bertz CT molecular complexity index is 230. The summed E-state index contributed by atoms with van der Waals surface area (Å²) in [5.74, 6) is -0.284. The Balaban J connectivity index is 2.26. The number of carbonyl (C=O) groups is 2. The molecule has 0 bridgehead atoms. The Hall–Kier alpha value is -0.940. The van der Waals surface area contributed by atoms with E-state index in [2.05, 4.69) is 5.32 Å². The van der Waals surface area contributed by atoms with Crippen LogP contribution < -0.4 is 5.32 Å². The highest BCUT2D eigenvalue weighted by molar-refractivity contribution is 6.05. The van der Waals surface area contributed by atoms with Gasteiger partial charge in [-0.05, 0) is 19.4 Å². The van der Waals surface area contributed by atoms with Gasteiger partial charge in [0.2, 0.25) is 11.8 Å². The summed E-state index contributed by atoms with van der Waals surface area (Å²) in [6.07, 6.45) is 1.80. The van der Waals surface area contributed by atoms with E-state index in [9.17, 15) is 9.59 Å². The summed E-state index contributed by atoms with van der Waals surface area (Å²) in [4.78, 5) is 23.6. The maximum Gasteiger partial charge on any atom is 0.246 e. The Morgan fingerprint density at radius 3 is 2.71 bits per heavy atom. The number of amides is 2. The number of hydrogen-bond acceptors (Lipinski definition) is 4. The van der Waals surface area contributed by atoms with Crippen molar-refractivity contribution >= 4 is 11.8 Å². The molecular formula is C9H16N2O3. The van der Waals surface area contributed by atoms with Crippen molar-refractivity contribution in [1.82, 2.24) is 10.2 Å². The number of likely N-dealkylation sites (N-methyl/N-ethyl adjacent to an activating group) is 1. The number of rotatable bonds is 5. The first-order valence-electron chi connectivity index (χ1n) is 4.81.